The average Bonchev–Trinajstić information content (AvgIpc) is 2.99. The molecule has 2 aromatic rings. The van der Waals surface area contributed by atoms with Crippen molar-refractivity contribution in [3.8, 4) is 0 Å². The van der Waals surface area contributed by atoms with Crippen LogP contribution in [-0.2, 0) is 29.4 Å². The van der Waals surface area contributed by atoms with Crippen LogP contribution in [0.2, 0.25) is 0 Å². The van der Waals surface area contributed by atoms with Crippen molar-refractivity contribution >= 4 is 31.4 Å². The Labute approximate surface area is 161 Å². The first kappa shape index (κ1) is 20.2. The zero-order valence-corrected chi connectivity index (χ0v) is 16.3. The van der Waals surface area contributed by atoms with E-state index >= 15 is 0 Å². The Bertz CT molecular complexity index is 1200. The second kappa shape index (κ2) is 7.12. The van der Waals surface area contributed by atoms with Crippen LogP contribution < -0.4 is 5.14 Å². The van der Waals surface area contributed by atoms with Gasteiger partial charge >= 0.3 is 5.97 Å². The Morgan fingerprint density at radius 3 is 2.11 bits per heavy atom. The number of ether oxygens (including phenoxy) is 1. The number of hydrogen-bond acceptors (Lipinski definition) is 6. The molecule has 2 aromatic carbocycles. The van der Waals surface area contributed by atoms with Gasteiger partial charge in [-0.3, -0.25) is 0 Å². The fourth-order valence-corrected chi connectivity index (χ4v) is 4.19. The fraction of sp³-hybridized carbons (Fsp3) is 0.167. The number of hydrogen-bond donors (Lipinski definition) is 1. The van der Waals surface area contributed by atoms with E-state index in [1.807, 2.05) is 0 Å². The van der Waals surface area contributed by atoms with Crippen LogP contribution in [-0.4, -0.2) is 35.7 Å². The van der Waals surface area contributed by atoms with Crippen LogP contribution in [0.4, 0.5) is 4.39 Å². The lowest BCUT2D eigenvalue weighted by Crippen LogP contribution is -2.12. The highest BCUT2D eigenvalue weighted by Gasteiger charge is 2.26. The highest BCUT2D eigenvalue weighted by Crippen LogP contribution is 2.33. The SMILES string of the molecule is CS(=O)(=O)c1ccc(C(=C2CCOC2=O)c2ccc(S(N)(=O)=O)cc2)cc1F. The van der Waals surface area contributed by atoms with Gasteiger partial charge in [0.25, 0.3) is 0 Å². The molecule has 0 aromatic heterocycles. The Morgan fingerprint density at radius 1 is 1.04 bits per heavy atom. The third kappa shape index (κ3) is 3.98. The maximum atomic E-state index is 14.4. The molecule has 1 aliphatic rings. The molecule has 1 heterocycles. The topological polar surface area (TPSA) is 121 Å². The Balaban J connectivity index is 2.20. The number of rotatable bonds is 4. The third-order valence-electron chi connectivity index (χ3n) is 4.22. The summed E-state index contributed by atoms with van der Waals surface area (Å²) in [6.45, 7) is 0.164. The zero-order valence-electron chi connectivity index (χ0n) is 14.7. The van der Waals surface area contributed by atoms with Gasteiger partial charge in [0.1, 0.15) is 10.7 Å². The average molecular weight is 425 g/mol. The second-order valence-electron chi connectivity index (χ2n) is 6.23. The first-order chi connectivity index (χ1) is 13.0. The van der Waals surface area contributed by atoms with E-state index in [-0.39, 0.29) is 29.1 Å². The van der Waals surface area contributed by atoms with Gasteiger partial charge in [-0.25, -0.2) is 31.2 Å². The number of carbonyl (C=O) groups excluding carboxylic acids is 1. The maximum absolute atomic E-state index is 14.4. The third-order valence-corrected chi connectivity index (χ3v) is 6.28. The summed E-state index contributed by atoms with van der Waals surface area (Å²) >= 11 is 0. The van der Waals surface area contributed by atoms with E-state index in [1.165, 1.54) is 30.3 Å². The quantitative estimate of drug-likeness (QED) is 0.587. The Kier molecular flexibility index (Phi) is 5.13. The van der Waals surface area contributed by atoms with Gasteiger partial charge in [0.05, 0.1) is 11.5 Å². The number of sulfonamides is 1. The smallest absolute Gasteiger partial charge is 0.334 e. The lowest BCUT2D eigenvalue weighted by atomic mass is 9.92. The first-order valence-electron chi connectivity index (χ1n) is 8.02. The van der Waals surface area contributed by atoms with Gasteiger partial charge in [-0.1, -0.05) is 18.2 Å². The molecule has 0 radical (unpaired) electrons. The number of sulfone groups is 1. The minimum atomic E-state index is -3.90. The number of nitrogens with two attached hydrogens (primary N) is 1. The molecule has 0 unspecified atom stereocenters. The van der Waals surface area contributed by atoms with Crippen molar-refractivity contribution < 1.29 is 30.8 Å². The minimum Gasteiger partial charge on any atom is -0.462 e. The molecule has 0 spiro atoms. The zero-order chi connectivity index (χ0) is 20.7. The molecule has 7 nitrogen and oxygen atoms in total. The van der Waals surface area contributed by atoms with Crippen LogP contribution in [0.5, 0.6) is 0 Å². The maximum Gasteiger partial charge on any atom is 0.334 e. The highest BCUT2D eigenvalue weighted by molar-refractivity contribution is 7.90. The van der Waals surface area contributed by atoms with Crippen LogP contribution in [0.25, 0.3) is 5.57 Å². The van der Waals surface area contributed by atoms with E-state index in [2.05, 4.69) is 0 Å². The molecule has 0 bridgehead atoms. The lowest BCUT2D eigenvalue weighted by molar-refractivity contribution is -0.135. The predicted molar refractivity (Wildman–Crippen MR) is 98.9 cm³/mol. The van der Waals surface area contributed by atoms with Gasteiger partial charge in [-0.15, -0.1) is 0 Å². The summed E-state index contributed by atoms with van der Waals surface area (Å²) in [6.07, 6.45) is 1.17. The monoisotopic (exact) mass is 425 g/mol. The van der Waals surface area contributed by atoms with Crippen molar-refractivity contribution in [1.82, 2.24) is 0 Å². The number of esters is 1. The molecule has 28 heavy (non-hydrogen) atoms. The van der Waals surface area contributed by atoms with E-state index in [0.717, 1.165) is 18.4 Å². The van der Waals surface area contributed by atoms with Crippen LogP contribution in [0, 0.1) is 5.82 Å². The minimum absolute atomic E-state index is 0.117. The Hall–Kier alpha value is -2.56. The summed E-state index contributed by atoms with van der Waals surface area (Å²) in [6, 6.07) is 8.96. The van der Waals surface area contributed by atoms with Gasteiger partial charge in [-0.05, 0) is 41.0 Å². The normalized spacial score (nSPS) is 16.8. The molecule has 0 atom stereocenters. The summed E-state index contributed by atoms with van der Waals surface area (Å²) < 4.78 is 65.6. The van der Waals surface area contributed by atoms with Crippen molar-refractivity contribution in [2.75, 3.05) is 12.9 Å². The Morgan fingerprint density at radius 2 is 1.64 bits per heavy atom. The molecular weight excluding hydrogens is 409 g/mol. The van der Waals surface area contributed by atoms with Gasteiger partial charge in [0.15, 0.2) is 9.84 Å². The predicted octanol–water partition coefficient (Wildman–Crippen LogP) is 1.63. The van der Waals surface area contributed by atoms with Crippen molar-refractivity contribution in [1.29, 1.82) is 0 Å². The van der Waals surface area contributed by atoms with Gasteiger partial charge in [0, 0.05) is 18.2 Å². The first-order valence-corrected chi connectivity index (χ1v) is 11.5. The van der Waals surface area contributed by atoms with E-state index < -0.39 is 36.5 Å². The molecule has 0 aliphatic carbocycles. The number of benzene rings is 2. The van der Waals surface area contributed by atoms with Crippen molar-refractivity contribution in [2.45, 2.75) is 16.2 Å². The van der Waals surface area contributed by atoms with Crippen LogP contribution in [0.3, 0.4) is 0 Å². The van der Waals surface area contributed by atoms with Crippen molar-refractivity contribution in [3.63, 3.8) is 0 Å². The van der Waals surface area contributed by atoms with Crippen LogP contribution >= 0.6 is 0 Å². The fourth-order valence-electron chi connectivity index (χ4n) is 2.95. The molecule has 0 amide bonds. The molecule has 1 fully saturated rings. The largest absolute Gasteiger partial charge is 0.462 e. The standard InChI is InChI=1S/C18H16FNO6S2/c1-27(22,23)16-7-4-12(10-15(16)19)17(14-8-9-26-18(14)21)11-2-5-13(6-3-11)28(20,24)25/h2-7,10H,8-9H2,1H3,(H2,20,24,25). The molecule has 0 saturated carbocycles. The molecular formula is C18H16FNO6S2. The molecule has 1 saturated heterocycles. The van der Waals surface area contributed by atoms with E-state index in [4.69, 9.17) is 9.88 Å². The molecule has 2 N–H and O–H groups in total. The number of cyclic esters (lactones) is 1. The molecule has 148 valence electrons. The highest BCUT2D eigenvalue weighted by atomic mass is 32.2. The molecule has 3 rings (SSSR count). The number of carbonyl (C=O) groups is 1. The summed E-state index contributed by atoms with van der Waals surface area (Å²) in [5.74, 6) is -1.52. The van der Waals surface area contributed by atoms with Crippen LogP contribution in [0.1, 0.15) is 17.5 Å². The van der Waals surface area contributed by atoms with E-state index in [9.17, 15) is 26.0 Å². The van der Waals surface area contributed by atoms with Gasteiger partial charge < -0.3 is 4.74 Å². The summed E-state index contributed by atoms with van der Waals surface area (Å²) in [5, 5.41) is 5.10. The summed E-state index contributed by atoms with van der Waals surface area (Å²) in [5.41, 5.74) is 1.33. The number of primary sulfonamides is 1. The van der Waals surface area contributed by atoms with Gasteiger partial charge in [-0.2, -0.15) is 0 Å². The second-order valence-corrected chi connectivity index (χ2v) is 9.77. The summed E-state index contributed by atoms with van der Waals surface area (Å²) in [4.78, 5) is 11.5. The van der Waals surface area contributed by atoms with E-state index in [0.29, 0.717) is 11.1 Å². The summed E-state index contributed by atoms with van der Waals surface area (Å²) in [7, 11) is -7.66. The van der Waals surface area contributed by atoms with E-state index in [1.54, 1.807) is 0 Å². The lowest BCUT2D eigenvalue weighted by Gasteiger charge is -2.13. The molecule has 10 heteroatoms. The van der Waals surface area contributed by atoms with Crippen molar-refractivity contribution in [2.24, 2.45) is 5.14 Å². The van der Waals surface area contributed by atoms with Crippen molar-refractivity contribution in [3.05, 3.63) is 65.0 Å². The number of halogens is 1. The molecule has 1 aliphatic heterocycles. The van der Waals surface area contributed by atoms with Crippen LogP contribution in [0.15, 0.2) is 57.8 Å². The van der Waals surface area contributed by atoms with Gasteiger partial charge in [0.2, 0.25) is 10.0 Å².